The van der Waals surface area contributed by atoms with Gasteiger partial charge in [0.15, 0.2) is 6.61 Å². The van der Waals surface area contributed by atoms with Crippen LogP contribution < -0.4 is 10.1 Å². The van der Waals surface area contributed by atoms with Crippen LogP contribution in [0.5, 0.6) is 5.75 Å². The van der Waals surface area contributed by atoms with Crippen LogP contribution in [-0.4, -0.2) is 72.7 Å². The zero-order chi connectivity index (χ0) is 19.0. The average Bonchev–Trinajstić information content (AvgIpc) is 2.59. The minimum absolute atomic E-state index is 0.00841. The van der Waals surface area contributed by atoms with Crippen LogP contribution in [0.4, 0.5) is 0 Å². The van der Waals surface area contributed by atoms with E-state index in [4.69, 9.17) is 14.2 Å². The Labute approximate surface area is 146 Å². The second kappa shape index (κ2) is 9.35. The fourth-order valence-corrected chi connectivity index (χ4v) is 2.83. The van der Waals surface area contributed by atoms with E-state index in [2.05, 4.69) is 5.32 Å². The molecule has 0 aromatic heterocycles. The SMILES string of the molecule is COCCNC(=O)COC(=O)c1ccc(OC)c(S(=O)(=O)N(C)C)c1. The molecule has 0 radical (unpaired) electrons. The fourth-order valence-electron chi connectivity index (χ4n) is 1.76. The molecule has 0 bridgehead atoms. The van der Waals surface area contributed by atoms with Crippen molar-refractivity contribution in [3.8, 4) is 5.75 Å². The Kier molecular flexibility index (Phi) is 7.81. The maximum Gasteiger partial charge on any atom is 0.338 e. The lowest BCUT2D eigenvalue weighted by atomic mass is 10.2. The van der Waals surface area contributed by atoms with E-state index in [1.54, 1.807) is 0 Å². The number of sulfonamides is 1. The van der Waals surface area contributed by atoms with Crippen LogP contribution in [0.25, 0.3) is 0 Å². The Hall–Kier alpha value is -2.17. The maximum atomic E-state index is 12.3. The maximum absolute atomic E-state index is 12.3. The van der Waals surface area contributed by atoms with Gasteiger partial charge in [-0.1, -0.05) is 0 Å². The van der Waals surface area contributed by atoms with E-state index >= 15 is 0 Å². The molecule has 0 heterocycles. The van der Waals surface area contributed by atoms with Gasteiger partial charge >= 0.3 is 5.97 Å². The summed E-state index contributed by atoms with van der Waals surface area (Å²) < 4.78 is 40.3. The van der Waals surface area contributed by atoms with Crippen LogP contribution in [0.2, 0.25) is 0 Å². The van der Waals surface area contributed by atoms with Gasteiger partial charge in [0, 0.05) is 27.7 Å². The van der Waals surface area contributed by atoms with Gasteiger partial charge < -0.3 is 19.5 Å². The molecule has 0 fully saturated rings. The molecule has 1 N–H and O–H groups in total. The Morgan fingerprint density at radius 1 is 1.20 bits per heavy atom. The molecule has 25 heavy (non-hydrogen) atoms. The minimum Gasteiger partial charge on any atom is -0.495 e. The summed E-state index contributed by atoms with van der Waals surface area (Å²) in [7, 11) is 1.74. The van der Waals surface area contributed by atoms with Crippen LogP contribution in [0.1, 0.15) is 10.4 Å². The molecule has 1 rings (SSSR count). The van der Waals surface area contributed by atoms with Gasteiger partial charge in [0.2, 0.25) is 10.0 Å². The first-order valence-corrected chi connectivity index (χ1v) is 8.71. The number of ether oxygens (including phenoxy) is 3. The van der Waals surface area contributed by atoms with E-state index in [9.17, 15) is 18.0 Å². The van der Waals surface area contributed by atoms with E-state index in [1.165, 1.54) is 40.4 Å². The van der Waals surface area contributed by atoms with Crippen LogP contribution in [-0.2, 0) is 24.3 Å². The van der Waals surface area contributed by atoms with Gasteiger partial charge in [-0.2, -0.15) is 0 Å². The largest absolute Gasteiger partial charge is 0.495 e. The number of esters is 1. The molecule has 1 aromatic carbocycles. The third kappa shape index (κ3) is 5.69. The second-order valence-corrected chi connectivity index (χ2v) is 7.19. The highest BCUT2D eigenvalue weighted by Gasteiger charge is 2.24. The first-order chi connectivity index (χ1) is 11.7. The van der Waals surface area contributed by atoms with E-state index in [1.807, 2.05) is 0 Å². The molecule has 140 valence electrons. The third-order valence-corrected chi connectivity index (χ3v) is 4.96. The molecule has 0 atom stereocenters. The molecular formula is C15H22N2O7S. The van der Waals surface area contributed by atoms with Crippen molar-refractivity contribution < 1.29 is 32.2 Å². The van der Waals surface area contributed by atoms with Crippen molar-refractivity contribution in [1.82, 2.24) is 9.62 Å². The highest BCUT2D eigenvalue weighted by molar-refractivity contribution is 7.89. The highest BCUT2D eigenvalue weighted by Crippen LogP contribution is 2.27. The number of hydrogen-bond acceptors (Lipinski definition) is 7. The standard InChI is InChI=1S/C15H22N2O7S/c1-17(2)25(20,21)13-9-11(5-6-12(13)23-4)15(19)24-10-14(18)16-7-8-22-3/h5-6,9H,7-8,10H2,1-4H3,(H,16,18). The van der Waals surface area contributed by atoms with Crippen LogP contribution >= 0.6 is 0 Å². The van der Waals surface area contributed by atoms with Gasteiger partial charge in [-0.05, 0) is 18.2 Å². The Balaban J connectivity index is 2.89. The van der Waals surface area contributed by atoms with E-state index in [0.717, 1.165) is 10.4 Å². The first kappa shape index (κ1) is 20.9. The Bertz CT molecular complexity index is 717. The monoisotopic (exact) mass is 374 g/mol. The van der Waals surface area contributed by atoms with E-state index in [-0.39, 0.29) is 16.2 Å². The number of nitrogens with one attached hydrogen (secondary N) is 1. The van der Waals surface area contributed by atoms with Gasteiger partial charge in [-0.25, -0.2) is 17.5 Å². The second-order valence-electron chi connectivity index (χ2n) is 5.07. The topological polar surface area (TPSA) is 111 Å². The quantitative estimate of drug-likeness (QED) is 0.473. The number of hydrogen-bond donors (Lipinski definition) is 1. The number of methoxy groups -OCH3 is 2. The van der Waals surface area contributed by atoms with Gasteiger partial charge in [0.05, 0.1) is 19.3 Å². The van der Waals surface area contributed by atoms with Gasteiger partial charge in [-0.3, -0.25) is 4.79 Å². The molecule has 0 spiro atoms. The summed E-state index contributed by atoms with van der Waals surface area (Å²) in [4.78, 5) is 23.4. The lowest BCUT2D eigenvalue weighted by molar-refractivity contribution is -0.124. The molecule has 0 saturated carbocycles. The summed E-state index contributed by atoms with van der Waals surface area (Å²) in [6.45, 7) is 0.148. The summed E-state index contributed by atoms with van der Waals surface area (Å²) in [5.74, 6) is -1.21. The smallest absolute Gasteiger partial charge is 0.338 e. The Morgan fingerprint density at radius 2 is 1.88 bits per heavy atom. The molecule has 10 heteroatoms. The molecule has 1 aromatic rings. The fraction of sp³-hybridized carbons (Fsp3) is 0.467. The first-order valence-electron chi connectivity index (χ1n) is 7.27. The number of nitrogens with zero attached hydrogens (tertiary/aromatic N) is 1. The molecule has 0 aliphatic rings. The van der Waals surface area contributed by atoms with E-state index < -0.39 is 28.5 Å². The van der Waals surface area contributed by atoms with Crippen molar-refractivity contribution in [1.29, 1.82) is 0 Å². The third-order valence-electron chi connectivity index (χ3n) is 3.12. The lowest BCUT2D eigenvalue weighted by Gasteiger charge is -2.15. The molecular weight excluding hydrogens is 352 g/mol. The molecule has 9 nitrogen and oxygen atoms in total. The summed E-state index contributed by atoms with van der Waals surface area (Å²) in [5, 5.41) is 2.50. The predicted octanol–water partition coefficient (Wildman–Crippen LogP) is -0.135. The normalized spacial score (nSPS) is 11.2. The summed E-state index contributed by atoms with van der Waals surface area (Å²) in [6, 6.07) is 3.86. The summed E-state index contributed by atoms with van der Waals surface area (Å²) in [5.41, 5.74) is -0.00841. The van der Waals surface area contributed by atoms with Gasteiger partial charge in [0.25, 0.3) is 5.91 Å². The zero-order valence-corrected chi connectivity index (χ0v) is 15.4. The summed E-state index contributed by atoms with van der Waals surface area (Å²) in [6.07, 6.45) is 0. The van der Waals surface area contributed by atoms with Crippen LogP contribution in [0, 0.1) is 0 Å². The van der Waals surface area contributed by atoms with Gasteiger partial charge in [-0.15, -0.1) is 0 Å². The number of amides is 1. The number of carbonyl (C=O) groups excluding carboxylic acids is 2. The lowest BCUT2D eigenvalue weighted by Crippen LogP contribution is -2.31. The van der Waals surface area contributed by atoms with Crippen molar-refractivity contribution in [2.45, 2.75) is 4.90 Å². The van der Waals surface area contributed by atoms with Crippen molar-refractivity contribution in [2.75, 3.05) is 48.1 Å². The molecule has 0 unspecified atom stereocenters. The van der Waals surface area contributed by atoms with Crippen molar-refractivity contribution in [3.05, 3.63) is 23.8 Å². The van der Waals surface area contributed by atoms with Crippen molar-refractivity contribution in [2.24, 2.45) is 0 Å². The number of benzene rings is 1. The van der Waals surface area contributed by atoms with Gasteiger partial charge in [0.1, 0.15) is 10.6 Å². The number of carbonyl (C=O) groups is 2. The van der Waals surface area contributed by atoms with Crippen LogP contribution in [0.3, 0.4) is 0 Å². The molecule has 0 saturated heterocycles. The van der Waals surface area contributed by atoms with Crippen LogP contribution in [0.15, 0.2) is 23.1 Å². The minimum atomic E-state index is -3.81. The predicted molar refractivity (Wildman–Crippen MR) is 89.0 cm³/mol. The van der Waals surface area contributed by atoms with Crippen molar-refractivity contribution in [3.63, 3.8) is 0 Å². The highest BCUT2D eigenvalue weighted by atomic mass is 32.2. The molecule has 0 aliphatic heterocycles. The number of rotatable bonds is 9. The average molecular weight is 374 g/mol. The summed E-state index contributed by atoms with van der Waals surface area (Å²) >= 11 is 0. The van der Waals surface area contributed by atoms with E-state index in [0.29, 0.717) is 13.2 Å². The zero-order valence-electron chi connectivity index (χ0n) is 14.6. The Morgan fingerprint density at radius 3 is 2.44 bits per heavy atom. The molecule has 1 amide bonds. The molecule has 0 aliphatic carbocycles. The van der Waals surface area contributed by atoms with Crippen molar-refractivity contribution >= 4 is 21.9 Å².